The van der Waals surface area contributed by atoms with E-state index in [2.05, 4.69) is 33.7 Å². The Morgan fingerprint density at radius 3 is 3.00 bits per heavy atom. The van der Waals surface area contributed by atoms with Crippen LogP contribution < -0.4 is 0 Å². The zero-order chi connectivity index (χ0) is 12.5. The summed E-state index contributed by atoms with van der Waals surface area (Å²) >= 11 is 1.98. The van der Waals surface area contributed by atoms with Gasteiger partial charge in [0.1, 0.15) is 5.82 Å². The van der Waals surface area contributed by atoms with Gasteiger partial charge in [-0.1, -0.05) is 6.92 Å². The molecule has 0 aliphatic carbocycles. The molecule has 1 unspecified atom stereocenters. The van der Waals surface area contributed by atoms with Crippen LogP contribution in [0.15, 0.2) is 12.4 Å². The summed E-state index contributed by atoms with van der Waals surface area (Å²) in [7, 11) is 0. The first kappa shape index (κ1) is 11.8. The Balaban J connectivity index is 2.01. The van der Waals surface area contributed by atoms with Crippen molar-refractivity contribution in [3.8, 4) is 11.4 Å². The highest BCUT2D eigenvalue weighted by Gasteiger charge is 2.25. The lowest BCUT2D eigenvalue weighted by atomic mass is 10.3. The molecule has 3 rings (SSSR count). The fourth-order valence-corrected chi connectivity index (χ4v) is 3.43. The molecule has 18 heavy (non-hydrogen) atoms. The van der Waals surface area contributed by atoms with E-state index >= 15 is 0 Å². The first-order valence-electron chi connectivity index (χ1n) is 6.41. The summed E-state index contributed by atoms with van der Waals surface area (Å²) in [5.41, 5.74) is 1.07. The van der Waals surface area contributed by atoms with Crippen molar-refractivity contribution in [1.82, 2.24) is 24.5 Å². The normalized spacial score (nSPS) is 18.9. The van der Waals surface area contributed by atoms with E-state index in [-0.39, 0.29) is 0 Å². The lowest BCUT2D eigenvalue weighted by Crippen LogP contribution is -2.15. The van der Waals surface area contributed by atoms with E-state index in [0.29, 0.717) is 5.25 Å². The Labute approximate surface area is 111 Å². The zero-order valence-corrected chi connectivity index (χ0v) is 11.5. The van der Waals surface area contributed by atoms with Crippen molar-refractivity contribution in [2.45, 2.75) is 38.6 Å². The summed E-state index contributed by atoms with van der Waals surface area (Å²) in [6.45, 7) is 6.17. The fourth-order valence-electron chi connectivity index (χ4n) is 2.30. The van der Waals surface area contributed by atoms with Gasteiger partial charge in [-0.2, -0.15) is 5.10 Å². The minimum atomic E-state index is 0.487. The lowest BCUT2D eigenvalue weighted by Gasteiger charge is -2.21. The van der Waals surface area contributed by atoms with Gasteiger partial charge in [0.2, 0.25) is 0 Å². The number of hydrogen-bond acceptors (Lipinski definition) is 4. The number of rotatable bonds is 3. The lowest BCUT2D eigenvalue weighted by molar-refractivity contribution is 0.657. The van der Waals surface area contributed by atoms with Gasteiger partial charge in [-0.05, 0) is 13.3 Å². The topological polar surface area (TPSA) is 48.5 Å². The molecule has 6 heteroatoms. The van der Waals surface area contributed by atoms with Crippen molar-refractivity contribution in [2.24, 2.45) is 0 Å². The van der Waals surface area contributed by atoms with Crippen molar-refractivity contribution in [3.63, 3.8) is 0 Å². The minimum Gasteiger partial charge on any atom is -0.309 e. The molecule has 1 aliphatic rings. The maximum Gasteiger partial charge on any atom is 0.167 e. The predicted molar refractivity (Wildman–Crippen MR) is 72.4 cm³/mol. The molecule has 5 nitrogen and oxygen atoms in total. The van der Waals surface area contributed by atoms with Crippen LogP contribution in [-0.4, -0.2) is 30.3 Å². The van der Waals surface area contributed by atoms with Crippen molar-refractivity contribution >= 4 is 11.8 Å². The Hall–Kier alpha value is -1.30. The average Bonchev–Trinajstić information content (AvgIpc) is 3.03. The van der Waals surface area contributed by atoms with Gasteiger partial charge in [-0.25, -0.2) is 0 Å². The Morgan fingerprint density at radius 1 is 1.39 bits per heavy atom. The molecule has 3 heterocycles. The molecule has 96 valence electrons. The predicted octanol–water partition coefficient (Wildman–Crippen LogP) is 2.36. The van der Waals surface area contributed by atoms with E-state index < -0.39 is 0 Å². The summed E-state index contributed by atoms with van der Waals surface area (Å²) in [6, 6.07) is 0. The van der Waals surface area contributed by atoms with Crippen LogP contribution in [0.3, 0.4) is 0 Å². The number of aryl methyl sites for hydroxylation is 1. The molecule has 0 saturated heterocycles. The van der Waals surface area contributed by atoms with E-state index in [1.807, 2.05) is 28.8 Å². The molecular weight excluding hydrogens is 246 g/mol. The average molecular weight is 263 g/mol. The maximum absolute atomic E-state index is 4.38. The summed E-state index contributed by atoms with van der Waals surface area (Å²) < 4.78 is 4.17. The molecule has 0 amide bonds. The molecule has 0 saturated carbocycles. The van der Waals surface area contributed by atoms with E-state index in [9.17, 15) is 0 Å². The van der Waals surface area contributed by atoms with Crippen LogP contribution in [0.25, 0.3) is 11.4 Å². The Morgan fingerprint density at radius 2 is 2.28 bits per heavy atom. The Bertz CT molecular complexity index is 544. The van der Waals surface area contributed by atoms with Crippen molar-refractivity contribution in [1.29, 1.82) is 0 Å². The van der Waals surface area contributed by atoms with E-state index in [1.165, 1.54) is 0 Å². The highest BCUT2D eigenvalue weighted by Crippen LogP contribution is 2.36. The van der Waals surface area contributed by atoms with Crippen LogP contribution in [0, 0.1) is 0 Å². The van der Waals surface area contributed by atoms with Crippen molar-refractivity contribution in [3.05, 3.63) is 18.2 Å². The second-order valence-corrected chi connectivity index (χ2v) is 5.70. The van der Waals surface area contributed by atoms with E-state index in [0.717, 1.165) is 42.5 Å². The van der Waals surface area contributed by atoms with Crippen molar-refractivity contribution < 1.29 is 0 Å². The second-order valence-electron chi connectivity index (χ2n) is 4.39. The molecular formula is C12H17N5S. The third-order valence-corrected chi connectivity index (χ3v) is 4.65. The van der Waals surface area contributed by atoms with Crippen molar-refractivity contribution in [2.75, 3.05) is 5.75 Å². The van der Waals surface area contributed by atoms with Gasteiger partial charge in [0.15, 0.2) is 5.82 Å². The van der Waals surface area contributed by atoms with Gasteiger partial charge in [0.25, 0.3) is 0 Å². The van der Waals surface area contributed by atoms with Crippen LogP contribution in [0.5, 0.6) is 0 Å². The van der Waals surface area contributed by atoms with E-state index in [1.54, 1.807) is 0 Å². The Kier molecular flexibility index (Phi) is 3.11. The largest absolute Gasteiger partial charge is 0.309 e. The second kappa shape index (κ2) is 4.76. The fraction of sp³-hybridized carbons (Fsp3) is 0.583. The SMILES string of the molecule is CCC1SCCn2c(-c3cnn(CC)c3)nnc21. The minimum absolute atomic E-state index is 0.487. The third kappa shape index (κ3) is 1.84. The monoisotopic (exact) mass is 263 g/mol. The highest BCUT2D eigenvalue weighted by atomic mass is 32.2. The summed E-state index contributed by atoms with van der Waals surface area (Å²) in [5, 5.41) is 13.5. The number of thioether (sulfide) groups is 1. The standard InChI is InChI=1S/C12H17N5S/c1-3-10-12-15-14-11(17(12)5-6-18-10)9-7-13-16(4-2)8-9/h7-8,10H,3-6H2,1-2H3. The molecule has 0 spiro atoms. The van der Waals surface area contributed by atoms with E-state index in [4.69, 9.17) is 0 Å². The molecule has 1 aliphatic heterocycles. The van der Waals surface area contributed by atoms with Crippen LogP contribution in [0.1, 0.15) is 31.3 Å². The van der Waals surface area contributed by atoms with Crippen LogP contribution in [0.2, 0.25) is 0 Å². The first-order valence-corrected chi connectivity index (χ1v) is 7.45. The molecule has 2 aromatic rings. The number of nitrogens with zero attached hydrogens (tertiary/aromatic N) is 5. The van der Waals surface area contributed by atoms with Crippen LogP contribution in [0.4, 0.5) is 0 Å². The maximum atomic E-state index is 4.38. The first-order chi connectivity index (χ1) is 8.83. The highest BCUT2D eigenvalue weighted by molar-refractivity contribution is 7.99. The van der Waals surface area contributed by atoms with Gasteiger partial charge >= 0.3 is 0 Å². The van der Waals surface area contributed by atoms with Gasteiger partial charge in [0, 0.05) is 25.0 Å². The number of hydrogen-bond donors (Lipinski definition) is 0. The van der Waals surface area contributed by atoms with Crippen LogP contribution in [-0.2, 0) is 13.1 Å². The summed E-state index contributed by atoms with van der Waals surface area (Å²) in [4.78, 5) is 0. The van der Waals surface area contributed by atoms with Gasteiger partial charge in [-0.3, -0.25) is 4.68 Å². The quantitative estimate of drug-likeness (QED) is 0.853. The number of fused-ring (bicyclic) bond motifs is 1. The van der Waals surface area contributed by atoms with Gasteiger partial charge in [0.05, 0.1) is 17.0 Å². The smallest absolute Gasteiger partial charge is 0.167 e. The van der Waals surface area contributed by atoms with Gasteiger partial charge < -0.3 is 4.57 Å². The molecule has 2 aromatic heterocycles. The van der Waals surface area contributed by atoms with Crippen LogP contribution >= 0.6 is 11.8 Å². The molecule has 0 fully saturated rings. The molecule has 0 bridgehead atoms. The summed E-state index contributed by atoms with van der Waals surface area (Å²) in [5.74, 6) is 3.22. The molecule has 0 radical (unpaired) electrons. The molecule has 0 aromatic carbocycles. The molecule has 0 N–H and O–H groups in total. The zero-order valence-electron chi connectivity index (χ0n) is 10.7. The van der Waals surface area contributed by atoms with Gasteiger partial charge in [-0.15, -0.1) is 22.0 Å². The molecule has 1 atom stereocenters. The number of aromatic nitrogens is 5. The summed E-state index contributed by atoms with van der Waals surface area (Å²) in [6.07, 6.45) is 5.03. The third-order valence-electron chi connectivity index (χ3n) is 3.29.